The van der Waals surface area contributed by atoms with Gasteiger partial charge in [0.2, 0.25) is 5.91 Å². The maximum atomic E-state index is 12.5. The first kappa shape index (κ1) is 15.6. The number of amides is 2. The van der Waals surface area contributed by atoms with E-state index in [4.69, 9.17) is 11.6 Å². The van der Waals surface area contributed by atoms with Crippen LogP contribution in [-0.4, -0.2) is 11.8 Å². The summed E-state index contributed by atoms with van der Waals surface area (Å²) >= 11 is 6.01. The third kappa shape index (κ3) is 3.08. The van der Waals surface area contributed by atoms with Crippen LogP contribution >= 0.6 is 11.6 Å². The fourth-order valence-corrected chi connectivity index (χ4v) is 2.88. The Morgan fingerprint density at radius 3 is 2.43 bits per heavy atom. The molecule has 0 spiro atoms. The number of hydrogen-bond donors (Lipinski definition) is 2. The van der Waals surface area contributed by atoms with Crippen molar-refractivity contribution in [2.24, 2.45) is 0 Å². The molecule has 1 aliphatic carbocycles. The zero-order valence-electron chi connectivity index (χ0n) is 12.7. The van der Waals surface area contributed by atoms with Gasteiger partial charge in [-0.05, 0) is 49.1 Å². The number of hydrazine groups is 1. The molecule has 3 rings (SSSR count). The van der Waals surface area contributed by atoms with Gasteiger partial charge in [0.25, 0.3) is 5.91 Å². The Hall–Kier alpha value is -2.33. The van der Waals surface area contributed by atoms with E-state index in [-0.39, 0.29) is 11.8 Å². The lowest BCUT2D eigenvalue weighted by Crippen LogP contribution is -2.46. The minimum Gasteiger partial charge on any atom is -0.272 e. The second-order valence-electron chi connectivity index (χ2n) is 5.82. The van der Waals surface area contributed by atoms with Gasteiger partial charge in [0.15, 0.2) is 0 Å². The Bertz CT molecular complexity index is 769. The molecule has 0 aromatic heterocycles. The number of carbonyl (C=O) groups is 2. The van der Waals surface area contributed by atoms with Crippen molar-refractivity contribution in [3.63, 3.8) is 0 Å². The molecule has 0 unspecified atom stereocenters. The van der Waals surface area contributed by atoms with E-state index in [2.05, 4.69) is 10.9 Å². The lowest BCUT2D eigenvalue weighted by Gasteiger charge is -2.17. The van der Waals surface area contributed by atoms with Crippen LogP contribution in [0.25, 0.3) is 0 Å². The fourth-order valence-electron chi connectivity index (χ4n) is 2.69. The fraction of sp³-hybridized carbons (Fsp3) is 0.222. The van der Waals surface area contributed by atoms with E-state index in [9.17, 15) is 9.59 Å². The van der Waals surface area contributed by atoms with Crippen molar-refractivity contribution < 1.29 is 9.59 Å². The predicted molar refractivity (Wildman–Crippen MR) is 89.2 cm³/mol. The first-order valence-electron chi connectivity index (χ1n) is 7.45. The summed E-state index contributed by atoms with van der Waals surface area (Å²) in [6.07, 6.45) is 1.50. The summed E-state index contributed by atoms with van der Waals surface area (Å²) < 4.78 is 0. The molecular weight excluding hydrogens is 312 g/mol. The Balaban J connectivity index is 1.68. The molecule has 0 radical (unpaired) electrons. The maximum absolute atomic E-state index is 12.5. The average Bonchev–Trinajstić information content (AvgIpc) is 3.34. The van der Waals surface area contributed by atoms with E-state index in [0.29, 0.717) is 10.6 Å². The van der Waals surface area contributed by atoms with Crippen molar-refractivity contribution in [1.82, 2.24) is 10.9 Å². The van der Waals surface area contributed by atoms with Gasteiger partial charge in [-0.2, -0.15) is 0 Å². The normalized spacial score (nSPS) is 14.9. The molecule has 2 aromatic carbocycles. The zero-order valence-corrected chi connectivity index (χ0v) is 13.5. The molecule has 1 fully saturated rings. The van der Waals surface area contributed by atoms with Crippen LogP contribution in [0.4, 0.5) is 0 Å². The highest BCUT2D eigenvalue weighted by Crippen LogP contribution is 2.48. The number of hydrogen-bond acceptors (Lipinski definition) is 2. The van der Waals surface area contributed by atoms with Crippen LogP contribution in [0, 0.1) is 6.92 Å². The van der Waals surface area contributed by atoms with Crippen molar-refractivity contribution >= 4 is 23.4 Å². The van der Waals surface area contributed by atoms with Gasteiger partial charge in [-0.15, -0.1) is 0 Å². The second kappa shape index (κ2) is 6.05. The van der Waals surface area contributed by atoms with Gasteiger partial charge in [-0.25, -0.2) is 0 Å². The molecule has 0 atom stereocenters. The molecule has 0 bridgehead atoms. The Morgan fingerprint density at radius 2 is 1.78 bits per heavy atom. The minimum absolute atomic E-state index is 0.207. The van der Waals surface area contributed by atoms with Gasteiger partial charge >= 0.3 is 0 Å². The Kier molecular flexibility index (Phi) is 4.09. The molecule has 2 amide bonds. The highest BCUT2D eigenvalue weighted by atomic mass is 35.5. The van der Waals surface area contributed by atoms with Crippen molar-refractivity contribution in [3.05, 3.63) is 70.2 Å². The standard InChI is InChI=1S/C18H17ClN2O2/c1-12-5-2-3-8-15(12)16(22)20-21-17(23)18(9-10-18)13-6-4-7-14(19)11-13/h2-8,11H,9-10H2,1H3,(H,20,22)(H,21,23). The van der Waals surface area contributed by atoms with Crippen molar-refractivity contribution in [2.75, 3.05) is 0 Å². The molecule has 0 aliphatic heterocycles. The lowest BCUT2D eigenvalue weighted by atomic mass is 9.95. The molecule has 0 heterocycles. The van der Waals surface area contributed by atoms with Crippen LogP contribution in [-0.2, 0) is 10.2 Å². The molecular formula is C18H17ClN2O2. The van der Waals surface area contributed by atoms with E-state index < -0.39 is 5.41 Å². The molecule has 1 saturated carbocycles. The maximum Gasteiger partial charge on any atom is 0.269 e. The van der Waals surface area contributed by atoms with E-state index >= 15 is 0 Å². The first-order chi connectivity index (χ1) is 11.0. The Labute approximate surface area is 139 Å². The van der Waals surface area contributed by atoms with Crippen LogP contribution < -0.4 is 10.9 Å². The number of benzene rings is 2. The van der Waals surface area contributed by atoms with Gasteiger partial charge in [0, 0.05) is 10.6 Å². The summed E-state index contributed by atoms with van der Waals surface area (Å²) in [7, 11) is 0. The average molecular weight is 329 g/mol. The van der Waals surface area contributed by atoms with E-state index in [1.807, 2.05) is 31.2 Å². The van der Waals surface area contributed by atoms with Crippen LogP contribution in [0.1, 0.15) is 34.3 Å². The summed E-state index contributed by atoms with van der Waals surface area (Å²) in [6.45, 7) is 1.85. The summed E-state index contributed by atoms with van der Waals surface area (Å²) in [5.74, 6) is -0.528. The predicted octanol–water partition coefficient (Wildman–Crippen LogP) is 3.14. The minimum atomic E-state index is -0.579. The van der Waals surface area contributed by atoms with Crippen LogP contribution in [0.5, 0.6) is 0 Å². The first-order valence-corrected chi connectivity index (χ1v) is 7.83. The monoisotopic (exact) mass is 328 g/mol. The lowest BCUT2D eigenvalue weighted by molar-refractivity contribution is -0.124. The van der Waals surface area contributed by atoms with Crippen LogP contribution in [0.15, 0.2) is 48.5 Å². The highest BCUT2D eigenvalue weighted by Gasteiger charge is 2.51. The quantitative estimate of drug-likeness (QED) is 0.850. The summed E-state index contributed by atoms with van der Waals surface area (Å²) in [5, 5.41) is 0.602. The SMILES string of the molecule is Cc1ccccc1C(=O)NNC(=O)C1(c2cccc(Cl)c2)CC1. The molecule has 118 valence electrons. The van der Waals surface area contributed by atoms with Crippen molar-refractivity contribution in [2.45, 2.75) is 25.2 Å². The largest absolute Gasteiger partial charge is 0.272 e. The van der Waals surface area contributed by atoms with Gasteiger partial charge in [-0.3, -0.25) is 20.4 Å². The van der Waals surface area contributed by atoms with Crippen LogP contribution in [0.2, 0.25) is 5.02 Å². The van der Waals surface area contributed by atoms with Crippen molar-refractivity contribution in [3.8, 4) is 0 Å². The molecule has 23 heavy (non-hydrogen) atoms. The van der Waals surface area contributed by atoms with Crippen molar-refractivity contribution in [1.29, 1.82) is 0 Å². The van der Waals surface area contributed by atoms with Gasteiger partial charge in [0.1, 0.15) is 0 Å². The third-order valence-electron chi connectivity index (χ3n) is 4.24. The summed E-state index contributed by atoms with van der Waals surface area (Å²) in [4.78, 5) is 24.7. The highest BCUT2D eigenvalue weighted by molar-refractivity contribution is 6.30. The van der Waals surface area contributed by atoms with Gasteiger partial charge in [-0.1, -0.05) is 41.9 Å². The number of halogens is 1. The summed E-state index contributed by atoms with van der Waals surface area (Å²) in [5.41, 5.74) is 6.75. The molecule has 5 heteroatoms. The smallest absolute Gasteiger partial charge is 0.269 e. The zero-order chi connectivity index (χ0) is 16.4. The summed E-state index contributed by atoms with van der Waals surface area (Å²) in [6, 6.07) is 14.5. The van der Waals surface area contributed by atoms with Gasteiger partial charge < -0.3 is 0 Å². The number of aryl methyl sites for hydroxylation is 1. The van der Waals surface area contributed by atoms with E-state index in [1.54, 1.807) is 24.3 Å². The molecule has 1 aliphatic rings. The topological polar surface area (TPSA) is 58.2 Å². The Morgan fingerprint density at radius 1 is 1.04 bits per heavy atom. The number of nitrogens with one attached hydrogen (secondary N) is 2. The molecule has 4 nitrogen and oxygen atoms in total. The van der Waals surface area contributed by atoms with Crippen LogP contribution in [0.3, 0.4) is 0 Å². The molecule has 2 N–H and O–H groups in total. The number of carbonyl (C=O) groups excluding carboxylic acids is 2. The molecule has 0 saturated heterocycles. The van der Waals surface area contributed by atoms with E-state index in [0.717, 1.165) is 24.0 Å². The third-order valence-corrected chi connectivity index (χ3v) is 4.48. The number of rotatable bonds is 3. The second-order valence-corrected chi connectivity index (χ2v) is 6.25. The van der Waals surface area contributed by atoms with Gasteiger partial charge in [0.05, 0.1) is 5.41 Å². The van der Waals surface area contributed by atoms with E-state index in [1.165, 1.54) is 0 Å². The molecule has 2 aromatic rings.